The van der Waals surface area contributed by atoms with Crippen molar-refractivity contribution in [2.75, 3.05) is 32.1 Å². The molecule has 0 fully saturated rings. The molecule has 1 aliphatic rings. The van der Waals surface area contributed by atoms with E-state index in [9.17, 15) is 19.7 Å². The Morgan fingerprint density at radius 2 is 2.03 bits per heavy atom. The minimum atomic E-state index is -0.710. The number of methoxy groups -OCH3 is 1. The second kappa shape index (κ2) is 9.26. The van der Waals surface area contributed by atoms with E-state index in [1.807, 2.05) is 13.0 Å². The number of carbonyl (C=O) groups excluding carboxylic acids is 2. The highest BCUT2D eigenvalue weighted by Gasteiger charge is 2.34. The molecule has 1 amide bonds. The SMILES string of the molecule is COC(=O)C1=C(Nc2cc(Oc3cccc(C)c3)cc([N+](=O)[O-])c2)C(=O)N(CCO)C1. The number of hydrogen-bond donors (Lipinski definition) is 2. The smallest absolute Gasteiger partial charge is 0.337 e. The van der Waals surface area contributed by atoms with Gasteiger partial charge in [0.2, 0.25) is 0 Å². The molecule has 0 saturated heterocycles. The molecule has 0 unspecified atom stereocenters. The van der Waals surface area contributed by atoms with Crippen LogP contribution in [-0.2, 0) is 14.3 Å². The Hall–Kier alpha value is -3.92. The zero-order valence-corrected chi connectivity index (χ0v) is 17.0. The largest absolute Gasteiger partial charge is 0.466 e. The molecule has 10 heteroatoms. The first-order chi connectivity index (χ1) is 14.8. The highest BCUT2D eigenvalue weighted by molar-refractivity contribution is 6.08. The highest BCUT2D eigenvalue weighted by atomic mass is 16.6. The molecule has 1 heterocycles. The monoisotopic (exact) mass is 427 g/mol. The number of aryl methyl sites for hydroxylation is 1. The van der Waals surface area contributed by atoms with E-state index in [0.29, 0.717) is 5.75 Å². The summed E-state index contributed by atoms with van der Waals surface area (Å²) < 4.78 is 10.5. The minimum Gasteiger partial charge on any atom is -0.466 e. The van der Waals surface area contributed by atoms with E-state index in [1.165, 1.54) is 30.2 Å². The maximum Gasteiger partial charge on any atom is 0.337 e. The Balaban J connectivity index is 1.97. The van der Waals surface area contributed by atoms with Gasteiger partial charge in [-0.2, -0.15) is 0 Å². The molecule has 10 nitrogen and oxygen atoms in total. The lowest BCUT2D eigenvalue weighted by Crippen LogP contribution is -2.31. The minimum absolute atomic E-state index is 0.0289. The first-order valence-corrected chi connectivity index (χ1v) is 9.35. The van der Waals surface area contributed by atoms with Gasteiger partial charge in [-0.15, -0.1) is 0 Å². The maximum absolute atomic E-state index is 12.7. The molecule has 0 aromatic heterocycles. The lowest BCUT2D eigenvalue weighted by molar-refractivity contribution is -0.384. The first kappa shape index (κ1) is 21.8. The number of nitro benzene ring substituents is 1. The Morgan fingerprint density at radius 1 is 1.26 bits per heavy atom. The fraction of sp³-hybridized carbons (Fsp3) is 0.238. The van der Waals surface area contributed by atoms with Crippen LogP contribution in [0.2, 0.25) is 0 Å². The average Bonchev–Trinajstić information content (AvgIpc) is 3.03. The number of hydrogen-bond acceptors (Lipinski definition) is 8. The number of nitro groups is 1. The Bertz CT molecular complexity index is 1060. The molecule has 0 atom stereocenters. The molecule has 0 saturated carbocycles. The van der Waals surface area contributed by atoms with E-state index in [1.54, 1.807) is 18.2 Å². The number of ether oxygens (including phenoxy) is 2. The van der Waals surface area contributed by atoms with Crippen LogP contribution in [-0.4, -0.2) is 53.6 Å². The van der Waals surface area contributed by atoms with Gasteiger partial charge in [-0.1, -0.05) is 12.1 Å². The van der Waals surface area contributed by atoms with Crippen molar-refractivity contribution in [3.8, 4) is 11.5 Å². The average molecular weight is 427 g/mol. The number of nitrogens with one attached hydrogen (secondary N) is 1. The molecule has 2 N–H and O–H groups in total. The van der Waals surface area contributed by atoms with Crippen LogP contribution in [0.5, 0.6) is 11.5 Å². The number of amides is 1. The van der Waals surface area contributed by atoms with Crippen LogP contribution in [0.25, 0.3) is 0 Å². The lowest BCUT2D eigenvalue weighted by Gasteiger charge is -2.15. The maximum atomic E-state index is 12.7. The summed E-state index contributed by atoms with van der Waals surface area (Å²) in [6.07, 6.45) is 0. The molecule has 0 radical (unpaired) electrons. The molecular formula is C21H21N3O7. The number of carbonyl (C=O) groups is 2. The Morgan fingerprint density at radius 3 is 2.68 bits per heavy atom. The van der Waals surface area contributed by atoms with Crippen molar-refractivity contribution < 1.29 is 29.1 Å². The second-order valence-electron chi connectivity index (χ2n) is 6.81. The van der Waals surface area contributed by atoms with E-state index < -0.39 is 16.8 Å². The van der Waals surface area contributed by atoms with Gasteiger partial charge >= 0.3 is 5.97 Å². The molecule has 3 rings (SSSR count). The van der Waals surface area contributed by atoms with Crippen molar-refractivity contribution in [3.63, 3.8) is 0 Å². The predicted molar refractivity (Wildman–Crippen MR) is 111 cm³/mol. The fourth-order valence-electron chi connectivity index (χ4n) is 3.13. The summed E-state index contributed by atoms with van der Waals surface area (Å²) in [5.41, 5.74) is 0.878. The number of non-ortho nitro benzene ring substituents is 1. The van der Waals surface area contributed by atoms with Crippen molar-refractivity contribution in [3.05, 3.63) is 69.4 Å². The van der Waals surface area contributed by atoms with Crippen LogP contribution in [0.4, 0.5) is 11.4 Å². The zero-order chi connectivity index (χ0) is 22.5. The summed E-state index contributed by atoms with van der Waals surface area (Å²) >= 11 is 0. The van der Waals surface area contributed by atoms with Crippen LogP contribution in [0.3, 0.4) is 0 Å². The lowest BCUT2D eigenvalue weighted by atomic mass is 10.2. The summed E-state index contributed by atoms with van der Waals surface area (Å²) in [6.45, 7) is 1.59. The number of β-amino-alcohol motifs (C(OH)–C–C–N with tert-alkyl or cyclic N) is 1. The van der Waals surface area contributed by atoms with Gasteiger partial charge < -0.3 is 24.8 Å². The Labute approximate surface area is 177 Å². The van der Waals surface area contributed by atoms with Crippen LogP contribution in [0, 0.1) is 17.0 Å². The van der Waals surface area contributed by atoms with Gasteiger partial charge in [0.05, 0.1) is 36.8 Å². The number of benzene rings is 2. The third-order valence-electron chi connectivity index (χ3n) is 4.55. The summed E-state index contributed by atoms with van der Waals surface area (Å²) in [5, 5.41) is 23.4. The quantitative estimate of drug-likeness (QED) is 0.373. The number of anilines is 1. The van der Waals surface area contributed by atoms with Crippen LogP contribution < -0.4 is 10.1 Å². The highest BCUT2D eigenvalue weighted by Crippen LogP contribution is 2.32. The number of aliphatic hydroxyl groups is 1. The molecule has 0 spiro atoms. The standard InChI is InChI=1S/C21H21N3O7/c1-13-4-3-5-16(8-13)31-17-10-14(9-15(11-17)24(28)29)22-19-18(21(27)30-2)12-23(6-7-25)20(19)26/h3-5,8-11,22,25H,6-7,12H2,1-2H3. The topological polar surface area (TPSA) is 131 Å². The van der Waals surface area contributed by atoms with E-state index in [2.05, 4.69) is 5.32 Å². The Kier molecular flexibility index (Phi) is 6.51. The summed E-state index contributed by atoms with van der Waals surface area (Å²) in [4.78, 5) is 36.9. The van der Waals surface area contributed by atoms with E-state index in [4.69, 9.17) is 14.6 Å². The van der Waals surface area contributed by atoms with Crippen LogP contribution in [0.1, 0.15) is 5.56 Å². The number of aliphatic hydroxyl groups excluding tert-OH is 1. The second-order valence-corrected chi connectivity index (χ2v) is 6.81. The van der Waals surface area contributed by atoms with E-state index >= 15 is 0 Å². The van der Waals surface area contributed by atoms with Gasteiger partial charge in [-0.25, -0.2) is 4.79 Å². The van der Waals surface area contributed by atoms with Crippen molar-refractivity contribution in [1.29, 1.82) is 0 Å². The number of esters is 1. The molecule has 2 aromatic carbocycles. The molecular weight excluding hydrogens is 406 g/mol. The summed E-state index contributed by atoms with van der Waals surface area (Å²) in [5.74, 6) is -0.563. The zero-order valence-electron chi connectivity index (χ0n) is 17.0. The summed E-state index contributed by atoms with van der Waals surface area (Å²) in [6, 6.07) is 11.1. The van der Waals surface area contributed by atoms with E-state index in [-0.39, 0.29) is 48.1 Å². The van der Waals surface area contributed by atoms with E-state index in [0.717, 1.165) is 5.56 Å². The third-order valence-corrected chi connectivity index (χ3v) is 4.55. The van der Waals surface area contributed by atoms with Gasteiger partial charge in [0.15, 0.2) is 0 Å². The van der Waals surface area contributed by atoms with Gasteiger partial charge in [-0.3, -0.25) is 14.9 Å². The molecule has 2 aromatic rings. The van der Waals surface area contributed by atoms with Crippen molar-refractivity contribution in [1.82, 2.24) is 4.90 Å². The first-order valence-electron chi connectivity index (χ1n) is 9.35. The number of rotatable bonds is 8. The number of nitrogens with zero attached hydrogens (tertiary/aromatic N) is 2. The van der Waals surface area contributed by atoms with Crippen molar-refractivity contribution >= 4 is 23.3 Å². The molecule has 31 heavy (non-hydrogen) atoms. The van der Waals surface area contributed by atoms with Crippen molar-refractivity contribution in [2.24, 2.45) is 0 Å². The third kappa shape index (κ3) is 4.98. The molecule has 1 aliphatic heterocycles. The predicted octanol–water partition coefficient (Wildman–Crippen LogP) is 2.37. The summed E-state index contributed by atoms with van der Waals surface area (Å²) in [7, 11) is 1.19. The van der Waals surface area contributed by atoms with Crippen molar-refractivity contribution in [2.45, 2.75) is 6.92 Å². The van der Waals surface area contributed by atoms with Gasteiger partial charge in [-0.05, 0) is 24.6 Å². The molecule has 162 valence electrons. The molecule has 0 bridgehead atoms. The molecule has 0 aliphatic carbocycles. The van der Waals surface area contributed by atoms with Gasteiger partial charge in [0.1, 0.15) is 17.2 Å². The normalized spacial score (nSPS) is 13.4. The van der Waals surface area contributed by atoms with Crippen LogP contribution >= 0.6 is 0 Å². The van der Waals surface area contributed by atoms with Gasteiger partial charge in [0, 0.05) is 24.4 Å². The van der Waals surface area contributed by atoms with Crippen LogP contribution in [0.15, 0.2) is 53.7 Å². The fourth-order valence-corrected chi connectivity index (χ4v) is 3.13. The van der Waals surface area contributed by atoms with Gasteiger partial charge in [0.25, 0.3) is 11.6 Å².